The first-order valence-electron chi connectivity index (χ1n) is 8.08. The molecule has 20 heavy (non-hydrogen) atoms. The Morgan fingerprint density at radius 1 is 1.30 bits per heavy atom. The number of aryl methyl sites for hydroxylation is 1. The van der Waals surface area contributed by atoms with Crippen molar-refractivity contribution in [1.29, 1.82) is 0 Å². The van der Waals surface area contributed by atoms with Gasteiger partial charge in [0.2, 0.25) is 0 Å². The second-order valence-electron chi connectivity index (χ2n) is 6.49. The lowest BCUT2D eigenvalue weighted by Crippen LogP contribution is -2.32. The van der Waals surface area contributed by atoms with Crippen molar-refractivity contribution in [2.24, 2.45) is 11.8 Å². The molecule has 0 spiro atoms. The number of halogens is 1. The Morgan fingerprint density at radius 3 is 2.80 bits per heavy atom. The van der Waals surface area contributed by atoms with Gasteiger partial charge < -0.3 is 5.32 Å². The van der Waals surface area contributed by atoms with Crippen LogP contribution in [0.3, 0.4) is 0 Å². The van der Waals surface area contributed by atoms with Gasteiger partial charge in [0.1, 0.15) is 5.82 Å². The second-order valence-corrected chi connectivity index (χ2v) is 6.49. The van der Waals surface area contributed by atoms with E-state index in [0.717, 1.165) is 24.6 Å². The van der Waals surface area contributed by atoms with Crippen LogP contribution in [0.1, 0.15) is 56.6 Å². The van der Waals surface area contributed by atoms with Crippen molar-refractivity contribution in [1.82, 2.24) is 5.32 Å². The molecule has 1 aromatic rings. The minimum absolute atomic E-state index is 0.115. The highest BCUT2D eigenvalue weighted by Gasteiger charge is 2.30. The third-order valence-electron chi connectivity index (χ3n) is 4.72. The van der Waals surface area contributed by atoms with Crippen molar-refractivity contribution < 1.29 is 4.39 Å². The monoisotopic (exact) mass is 277 g/mol. The van der Waals surface area contributed by atoms with Gasteiger partial charge >= 0.3 is 0 Å². The fraction of sp³-hybridized carbons (Fsp3) is 0.667. The van der Waals surface area contributed by atoms with Crippen LogP contribution in [0.2, 0.25) is 0 Å². The summed E-state index contributed by atoms with van der Waals surface area (Å²) in [4.78, 5) is 0. The Balaban J connectivity index is 2.14. The standard InChI is InChI=1S/C18H28FN/c1-4-9-20-12-15-6-5-13(2)10-18(15)17-8-7-16(19)11-14(17)3/h7-8,11,13,15,18,20H,4-6,9-10,12H2,1-3H3. The van der Waals surface area contributed by atoms with E-state index in [1.54, 1.807) is 12.1 Å². The van der Waals surface area contributed by atoms with Crippen LogP contribution in [-0.2, 0) is 0 Å². The Kier molecular flexibility index (Phi) is 5.59. The molecule has 1 aliphatic rings. The second kappa shape index (κ2) is 7.21. The number of benzene rings is 1. The summed E-state index contributed by atoms with van der Waals surface area (Å²) in [6, 6.07) is 5.32. The van der Waals surface area contributed by atoms with Gasteiger partial charge in [0.05, 0.1) is 0 Å². The summed E-state index contributed by atoms with van der Waals surface area (Å²) in [6.07, 6.45) is 5.04. The summed E-state index contributed by atoms with van der Waals surface area (Å²) >= 11 is 0. The van der Waals surface area contributed by atoms with Crippen LogP contribution in [0.15, 0.2) is 18.2 Å². The van der Waals surface area contributed by atoms with Crippen LogP contribution in [-0.4, -0.2) is 13.1 Å². The lowest BCUT2D eigenvalue weighted by molar-refractivity contribution is 0.241. The highest BCUT2D eigenvalue weighted by Crippen LogP contribution is 2.41. The largest absolute Gasteiger partial charge is 0.316 e. The molecule has 3 unspecified atom stereocenters. The lowest BCUT2D eigenvalue weighted by Gasteiger charge is -2.36. The number of nitrogens with one attached hydrogen (secondary N) is 1. The van der Waals surface area contributed by atoms with E-state index in [9.17, 15) is 4.39 Å². The molecule has 0 aliphatic heterocycles. The van der Waals surface area contributed by atoms with Gasteiger partial charge in [-0.05, 0) is 80.3 Å². The zero-order chi connectivity index (χ0) is 14.5. The predicted octanol–water partition coefficient (Wildman–Crippen LogP) is 4.65. The summed E-state index contributed by atoms with van der Waals surface area (Å²) in [6.45, 7) is 8.80. The molecule has 2 heteroatoms. The first kappa shape index (κ1) is 15.5. The molecule has 0 amide bonds. The molecule has 1 aliphatic carbocycles. The maximum atomic E-state index is 13.3. The molecule has 1 N–H and O–H groups in total. The molecule has 0 radical (unpaired) electrons. The quantitative estimate of drug-likeness (QED) is 0.772. The molecule has 112 valence electrons. The van der Waals surface area contributed by atoms with Crippen molar-refractivity contribution in [2.75, 3.05) is 13.1 Å². The van der Waals surface area contributed by atoms with Gasteiger partial charge in [0.15, 0.2) is 0 Å². The third kappa shape index (κ3) is 3.82. The average molecular weight is 277 g/mol. The molecule has 3 atom stereocenters. The van der Waals surface area contributed by atoms with Crippen molar-refractivity contribution >= 4 is 0 Å². The van der Waals surface area contributed by atoms with Gasteiger partial charge in [-0.1, -0.05) is 26.3 Å². The topological polar surface area (TPSA) is 12.0 Å². The molecule has 1 fully saturated rings. The molecule has 0 saturated heterocycles. The zero-order valence-electron chi connectivity index (χ0n) is 13.1. The van der Waals surface area contributed by atoms with Crippen molar-refractivity contribution in [3.63, 3.8) is 0 Å². The van der Waals surface area contributed by atoms with Crippen LogP contribution in [0, 0.1) is 24.6 Å². The van der Waals surface area contributed by atoms with E-state index >= 15 is 0 Å². The number of hydrogen-bond acceptors (Lipinski definition) is 1. The molecular formula is C18H28FN. The Morgan fingerprint density at radius 2 is 2.10 bits per heavy atom. The lowest BCUT2D eigenvalue weighted by atomic mass is 9.70. The number of rotatable bonds is 5. The van der Waals surface area contributed by atoms with E-state index in [1.165, 1.54) is 31.2 Å². The molecule has 0 bridgehead atoms. The summed E-state index contributed by atoms with van der Waals surface area (Å²) < 4.78 is 13.3. The van der Waals surface area contributed by atoms with Gasteiger partial charge in [-0.2, -0.15) is 0 Å². The van der Waals surface area contributed by atoms with E-state index in [1.807, 2.05) is 13.0 Å². The van der Waals surface area contributed by atoms with E-state index in [0.29, 0.717) is 11.8 Å². The van der Waals surface area contributed by atoms with Gasteiger partial charge in [-0.25, -0.2) is 4.39 Å². The normalized spacial score (nSPS) is 26.7. The van der Waals surface area contributed by atoms with E-state index < -0.39 is 0 Å². The molecular weight excluding hydrogens is 249 g/mol. The maximum Gasteiger partial charge on any atom is 0.123 e. The van der Waals surface area contributed by atoms with Gasteiger partial charge in [0, 0.05) is 0 Å². The van der Waals surface area contributed by atoms with Crippen LogP contribution in [0.25, 0.3) is 0 Å². The number of hydrogen-bond donors (Lipinski definition) is 1. The fourth-order valence-corrected chi connectivity index (χ4v) is 3.59. The van der Waals surface area contributed by atoms with Crippen LogP contribution >= 0.6 is 0 Å². The summed E-state index contributed by atoms with van der Waals surface area (Å²) in [5.74, 6) is 1.95. The first-order chi connectivity index (χ1) is 9.61. The van der Waals surface area contributed by atoms with Crippen LogP contribution in [0.5, 0.6) is 0 Å². The smallest absolute Gasteiger partial charge is 0.123 e. The van der Waals surface area contributed by atoms with Crippen molar-refractivity contribution in [3.8, 4) is 0 Å². The molecule has 1 aromatic carbocycles. The molecule has 1 saturated carbocycles. The highest BCUT2D eigenvalue weighted by molar-refractivity contribution is 5.31. The fourth-order valence-electron chi connectivity index (χ4n) is 3.59. The predicted molar refractivity (Wildman–Crippen MR) is 83.5 cm³/mol. The third-order valence-corrected chi connectivity index (χ3v) is 4.72. The minimum Gasteiger partial charge on any atom is -0.316 e. The van der Waals surface area contributed by atoms with Gasteiger partial charge in [-0.15, -0.1) is 0 Å². The average Bonchev–Trinajstić information content (AvgIpc) is 2.41. The minimum atomic E-state index is -0.115. The van der Waals surface area contributed by atoms with Crippen molar-refractivity contribution in [2.45, 2.75) is 52.4 Å². The van der Waals surface area contributed by atoms with Crippen LogP contribution < -0.4 is 5.32 Å². The first-order valence-corrected chi connectivity index (χ1v) is 8.08. The van der Waals surface area contributed by atoms with E-state index in [-0.39, 0.29) is 5.82 Å². The molecule has 0 aromatic heterocycles. The Hall–Kier alpha value is -0.890. The molecule has 2 rings (SSSR count). The summed E-state index contributed by atoms with van der Waals surface area (Å²) in [7, 11) is 0. The van der Waals surface area contributed by atoms with Crippen LogP contribution in [0.4, 0.5) is 4.39 Å². The Labute approximate surface area is 123 Å². The van der Waals surface area contributed by atoms with Gasteiger partial charge in [0.25, 0.3) is 0 Å². The molecule has 0 heterocycles. The Bertz CT molecular complexity index is 429. The van der Waals surface area contributed by atoms with E-state index in [4.69, 9.17) is 0 Å². The van der Waals surface area contributed by atoms with E-state index in [2.05, 4.69) is 19.2 Å². The highest BCUT2D eigenvalue weighted by atomic mass is 19.1. The van der Waals surface area contributed by atoms with Gasteiger partial charge in [-0.3, -0.25) is 0 Å². The SMILES string of the molecule is CCCNCC1CCC(C)CC1c1ccc(F)cc1C. The maximum absolute atomic E-state index is 13.3. The molecule has 1 nitrogen and oxygen atoms in total. The summed E-state index contributed by atoms with van der Waals surface area (Å²) in [5, 5.41) is 3.58. The zero-order valence-corrected chi connectivity index (χ0v) is 13.1. The summed E-state index contributed by atoms with van der Waals surface area (Å²) in [5.41, 5.74) is 2.48. The van der Waals surface area contributed by atoms with Crippen molar-refractivity contribution in [3.05, 3.63) is 35.1 Å².